The molecule has 0 saturated carbocycles. The molecule has 7 heteroatoms. The average molecular weight is 296 g/mol. The summed E-state index contributed by atoms with van der Waals surface area (Å²) >= 11 is 5.57. The first kappa shape index (κ1) is 13.2. The van der Waals surface area contributed by atoms with Gasteiger partial charge in [0.1, 0.15) is 0 Å². The van der Waals surface area contributed by atoms with Gasteiger partial charge in [-0.15, -0.1) is 11.6 Å². The molecule has 0 radical (unpaired) electrons. The van der Waals surface area contributed by atoms with E-state index in [0.717, 1.165) is 0 Å². The first-order chi connectivity index (χ1) is 9.78. The number of aromatic nitrogens is 2. The largest absolute Gasteiger partial charge is 0.461 e. The quantitative estimate of drug-likeness (QED) is 0.791. The molecule has 3 rings (SSSR count). The van der Waals surface area contributed by atoms with Gasteiger partial charge in [-0.1, -0.05) is 5.16 Å². The lowest BCUT2D eigenvalue weighted by molar-refractivity contribution is -0.136. The summed E-state index contributed by atoms with van der Waals surface area (Å²) in [6, 6.07) is 3.55. The normalized spacial score (nSPS) is 15.3. The van der Waals surface area contributed by atoms with Crippen LogP contribution in [0.2, 0.25) is 0 Å². The van der Waals surface area contributed by atoms with Gasteiger partial charge >= 0.3 is 0 Å². The first-order valence-corrected chi connectivity index (χ1v) is 7.02. The molecule has 1 aliphatic rings. The molecule has 0 spiro atoms. The van der Waals surface area contributed by atoms with Gasteiger partial charge in [0, 0.05) is 25.4 Å². The minimum atomic E-state index is 0.117. The SMILES string of the molecule is O=C(CCCCl)N1CC(c2nc(-c3ccco3)no2)C1. The number of hydrogen-bond donors (Lipinski definition) is 0. The maximum atomic E-state index is 11.7. The van der Waals surface area contributed by atoms with Gasteiger partial charge in [-0.2, -0.15) is 4.98 Å². The van der Waals surface area contributed by atoms with Crippen molar-refractivity contribution >= 4 is 17.5 Å². The highest BCUT2D eigenvalue weighted by Gasteiger charge is 2.35. The van der Waals surface area contributed by atoms with E-state index in [-0.39, 0.29) is 11.8 Å². The number of amides is 1. The summed E-state index contributed by atoms with van der Waals surface area (Å²) in [5, 5.41) is 3.88. The molecule has 1 saturated heterocycles. The summed E-state index contributed by atoms with van der Waals surface area (Å²) in [7, 11) is 0. The fourth-order valence-electron chi connectivity index (χ4n) is 2.12. The number of halogens is 1. The predicted molar refractivity (Wildman–Crippen MR) is 71.3 cm³/mol. The van der Waals surface area contributed by atoms with Gasteiger partial charge in [0.25, 0.3) is 0 Å². The van der Waals surface area contributed by atoms with Gasteiger partial charge < -0.3 is 13.8 Å². The van der Waals surface area contributed by atoms with Gasteiger partial charge in [0.05, 0.1) is 12.2 Å². The molecule has 106 valence electrons. The summed E-state index contributed by atoms with van der Waals surface area (Å²) in [5.41, 5.74) is 0. The Morgan fingerprint density at radius 2 is 2.35 bits per heavy atom. The second kappa shape index (κ2) is 5.66. The topological polar surface area (TPSA) is 72.4 Å². The molecule has 0 bridgehead atoms. The molecular formula is C13H14ClN3O3. The molecule has 2 aromatic heterocycles. The third-order valence-corrected chi connectivity index (χ3v) is 3.56. The van der Waals surface area contributed by atoms with Crippen molar-refractivity contribution in [3.63, 3.8) is 0 Å². The zero-order chi connectivity index (χ0) is 13.9. The Morgan fingerprint density at radius 3 is 3.05 bits per heavy atom. The highest BCUT2D eigenvalue weighted by atomic mass is 35.5. The number of likely N-dealkylation sites (tertiary alicyclic amines) is 1. The van der Waals surface area contributed by atoms with Crippen molar-refractivity contribution in [2.24, 2.45) is 0 Å². The number of carbonyl (C=O) groups excluding carboxylic acids is 1. The van der Waals surface area contributed by atoms with E-state index in [1.165, 1.54) is 0 Å². The first-order valence-electron chi connectivity index (χ1n) is 6.49. The smallest absolute Gasteiger partial charge is 0.238 e. The maximum absolute atomic E-state index is 11.7. The third kappa shape index (κ3) is 2.56. The standard InChI is InChI=1S/C13H14ClN3O3/c14-5-1-4-11(18)17-7-9(8-17)13-15-12(16-20-13)10-3-2-6-19-10/h2-3,6,9H,1,4-5,7-8H2. The predicted octanol–water partition coefficient (Wildman–Crippen LogP) is 2.27. The van der Waals surface area contributed by atoms with Crippen molar-refractivity contribution < 1.29 is 13.7 Å². The van der Waals surface area contributed by atoms with Crippen LogP contribution in [0, 0.1) is 0 Å². The van der Waals surface area contributed by atoms with Crippen molar-refractivity contribution in [1.82, 2.24) is 15.0 Å². The molecule has 0 atom stereocenters. The molecule has 1 amide bonds. The summed E-state index contributed by atoms with van der Waals surface area (Å²) in [4.78, 5) is 17.8. The molecule has 20 heavy (non-hydrogen) atoms. The van der Waals surface area contributed by atoms with Gasteiger partial charge in [0.2, 0.25) is 17.6 Å². The Bertz CT molecular complexity index is 575. The zero-order valence-electron chi connectivity index (χ0n) is 10.8. The lowest BCUT2D eigenvalue weighted by Crippen LogP contribution is -2.48. The van der Waals surface area contributed by atoms with Crippen molar-refractivity contribution in [2.75, 3.05) is 19.0 Å². The second-order valence-electron chi connectivity index (χ2n) is 4.72. The zero-order valence-corrected chi connectivity index (χ0v) is 11.5. The lowest BCUT2D eigenvalue weighted by atomic mass is 9.99. The molecule has 2 aromatic rings. The van der Waals surface area contributed by atoms with Crippen molar-refractivity contribution in [2.45, 2.75) is 18.8 Å². The van der Waals surface area contributed by atoms with E-state index in [0.29, 0.717) is 49.3 Å². The Hall–Kier alpha value is -1.82. The van der Waals surface area contributed by atoms with Crippen LogP contribution in [-0.2, 0) is 4.79 Å². The highest BCUT2D eigenvalue weighted by Crippen LogP contribution is 2.28. The van der Waals surface area contributed by atoms with Gasteiger partial charge in [0.15, 0.2) is 5.76 Å². The highest BCUT2D eigenvalue weighted by molar-refractivity contribution is 6.17. The lowest BCUT2D eigenvalue weighted by Gasteiger charge is -2.37. The molecule has 0 aromatic carbocycles. The van der Waals surface area contributed by atoms with Crippen LogP contribution in [0.3, 0.4) is 0 Å². The van der Waals surface area contributed by atoms with Gasteiger partial charge in [-0.3, -0.25) is 4.79 Å². The fourth-order valence-corrected chi connectivity index (χ4v) is 2.26. The minimum Gasteiger partial charge on any atom is -0.461 e. The molecule has 3 heterocycles. The number of rotatable bonds is 5. The van der Waals surface area contributed by atoms with E-state index in [1.54, 1.807) is 23.3 Å². The van der Waals surface area contributed by atoms with Crippen LogP contribution >= 0.6 is 11.6 Å². The van der Waals surface area contributed by atoms with Crippen LogP contribution in [0.5, 0.6) is 0 Å². The number of hydrogen-bond acceptors (Lipinski definition) is 5. The fraction of sp³-hybridized carbons (Fsp3) is 0.462. The second-order valence-corrected chi connectivity index (χ2v) is 5.10. The Kier molecular flexibility index (Phi) is 3.73. The van der Waals surface area contributed by atoms with Crippen molar-refractivity contribution in [1.29, 1.82) is 0 Å². The third-order valence-electron chi connectivity index (χ3n) is 3.29. The molecular weight excluding hydrogens is 282 g/mol. The van der Waals surface area contributed by atoms with E-state index in [1.807, 2.05) is 0 Å². The summed E-state index contributed by atoms with van der Waals surface area (Å²) < 4.78 is 10.4. The van der Waals surface area contributed by atoms with E-state index in [4.69, 9.17) is 20.5 Å². The van der Waals surface area contributed by atoms with Crippen LogP contribution in [0.15, 0.2) is 27.3 Å². The van der Waals surface area contributed by atoms with Crippen LogP contribution in [-0.4, -0.2) is 39.9 Å². The summed E-state index contributed by atoms with van der Waals surface area (Å²) in [5.74, 6) is 2.34. The van der Waals surface area contributed by atoms with Crippen LogP contribution in [0.25, 0.3) is 11.6 Å². The molecule has 0 N–H and O–H groups in total. The van der Waals surface area contributed by atoms with Gasteiger partial charge in [-0.05, 0) is 18.6 Å². The molecule has 1 aliphatic heterocycles. The Morgan fingerprint density at radius 1 is 1.50 bits per heavy atom. The Balaban J connectivity index is 1.56. The van der Waals surface area contributed by atoms with Crippen molar-refractivity contribution in [3.05, 3.63) is 24.3 Å². The molecule has 6 nitrogen and oxygen atoms in total. The van der Waals surface area contributed by atoms with E-state index in [2.05, 4.69) is 10.1 Å². The number of alkyl halides is 1. The summed E-state index contributed by atoms with van der Waals surface area (Å²) in [6.45, 7) is 1.25. The molecule has 0 unspecified atom stereocenters. The number of nitrogens with zero attached hydrogens (tertiary/aromatic N) is 3. The van der Waals surface area contributed by atoms with E-state index in [9.17, 15) is 4.79 Å². The monoisotopic (exact) mass is 295 g/mol. The van der Waals surface area contributed by atoms with Crippen LogP contribution in [0.1, 0.15) is 24.7 Å². The number of carbonyl (C=O) groups is 1. The average Bonchev–Trinajstić information content (AvgIpc) is 3.04. The number of furan rings is 1. The molecule has 1 fully saturated rings. The van der Waals surface area contributed by atoms with Gasteiger partial charge in [-0.25, -0.2) is 0 Å². The molecule has 0 aliphatic carbocycles. The van der Waals surface area contributed by atoms with Crippen molar-refractivity contribution in [3.8, 4) is 11.6 Å². The van der Waals surface area contributed by atoms with E-state index >= 15 is 0 Å². The van der Waals surface area contributed by atoms with E-state index < -0.39 is 0 Å². The maximum Gasteiger partial charge on any atom is 0.238 e. The summed E-state index contributed by atoms with van der Waals surface area (Å²) in [6.07, 6.45) is 2.77. The minimum absolute atomic E-state index is 0.117. The van der Waals surface area contributed by atoms with Crippen LogP contribution < -0.4 is 0 Å². The Labute approximate surface area is 120 Å². The van der Waals surface area contributed by atoms with Crippen LogP contribution in [0.4, 0.5) is 0 Å².